The minimum Gasteiger partial charge on any atom is -0.443 e. The molecule has 2 aromatic carbocycles. The molecule has 4 bridgehead atoms. The molecule has 4 aromatic rings. The van der Waals surface area contributed by atoms with E-state index in [4.69, 9.17) is 4.42 Å². The summed E-state index contributed by atoms with van der Waals surface area (Å²) in [5.41, 5.74) is 1.66. The molecule has 0 saturated carbocycles. The van der Waals surface area contributed by atoms with Gasteiger partial charge in [0.15, 0.2) is 15.5 Å². The summed E-state index contributed by atoms with van der Waals surface area (Å²) in [6, 6.07) is 13.5. The monoisotopic (exact) mass is 720 g/mol. The van der Waals surface area contributed by atoms with Crippen molar-refractivity contribution >= 4 is 44.8 Å². The maximum Gasteiger partial charge on any atom is 0.274 e. The fraction of sp³-hybridized carbons (Fsp3) is 0.371. The number of amides is 4. The Morgan fingerprint density at radius 1 is 0.980 bits per heavy atom. The van der Waals surface area contributed by atoms with Gasteiger partial charge < -0.3 is 25.3 Å². The van der Waals surface area contributed by atoms with Crippen LogP contribution in [-0.2, 0) is 32.3 Å². The van der Waals surface area contributed by atoms with Crippen LogP contribution in [0.25, 0.3) is 0 Å². The highest BCUT2D eigenvalue weighted by molar-refractivity contribution is 7.90. The van der Waals surface area contributed by atoms with Gasteiger partial charge in [-0.25, -0.2) is 18.4 Å². The predicted molar refractivity (Wildman–Crippen MR) is 186 cm³/mol. The maximum atomic E-state index is 14.0. The lowest BCUT2D eigenvalue weighted by molar-refractivity contribution is -0.136. The number of rotatable bonds is 6. The molecule has 0 unspecified atom stereocenters. The lowest BCUT2D eigenvalue weighted by Gasteiger charge is -2.29. The molecular weight excluding hydrogens is 681 g/mol. The molecule has 0 saturated heterocycles. The first-order valence-electron chi connectivity index (χ1n) is 16.1. The number of carbonyl (C=O) groups is 4. The van der Waals surface area contributed by atoms with E-state index in [0.717, 1.165) is 11.8 Å². The summed E-state index contributed by atoms with van der Waals surface area (Å²) in [4.78, 5) is 65.0. The number of hydrogen-bond acceptors (Lipinski definition) is 10. The maximum absolute atomic E-state index is 14.0. The Morgan fingerprint density at radius 2 is 1.68 bits per heavy atom. The number of oxazole rings is 1. The molecule has 5 rings (SSSR count). The zero-order valence-corrected chi connectivity index (χ0v) is 30.1. The lowest BCUT2D eigenvalue weighted by atomic mass is 10.0. The first kappa shape index (κ1) is 36.4. The van der Waals surface area contributed by atoms with E-state index in [1.807, 2.05) is 44.2 Å². The van der Waals surface area contributed by atoms with Gasteiger partial charge >= 0.3 is 0 Å². The second kappa shape index (κ2) is 15.3. The van der Waals surface area contributed by atoms with Crippen molar-refractivity contribution in [3.8, 4) is 0 Å². The van der Waals surface area contributed by atoms with E-state index in [0.29, 0.717) is 17.0 Å². The van der Waals surface area contributed by atoms with Crippen LogP contribution >= 0.6 is 11.3 Å². The zero-order chi connectivity index (χ0) is 36.2. The lowest BCUT2D eigenvalue weighted by Crippen LogP contribution is -2.50. The molecule has 15 heteroatoms. The van der Waals surface area contributed by atoms with Crippen molar-refractivity contribution < 1.29 is 32.0 Å². The quantitative estimate of drug-likeness (QED) is 0.268. The van der Waals surface area contributed by atoms with Gasteiger partial charge in [-0.3, -0.25) is 19.2 Å². The average Bonchev–Trinajstić information content (AvgIpc) is 3.71. The van der Waals surface area contributed by atoms with Crippen molar-refractivity contribution in [2.45, 2.75) is 63.6 Å². The zero-order valence-electron chi connectivity index (χ0n) is 28.4. The molecular formula is C35H40N6O7S2. The molecule has 50 heavy (non-hydrogen) atoms. The Morgan fingerprint density at radius 3 is 2.34 bits per heavy atom. The summed E-state index contributed by atoms with van der Waals surface area (Å²) < 4.78 is 29.9. The normalized spacial score (nSPS) is 19.3. The topological polar surface area (TPSA) is 181 Å². The van der Waals surface area contributed by atoms with E-state index in [1.54, 1.807) is 31.4 Å². The van der Waals surface area contributed by atoms with Crippen LogP contribution in [0.15, 0.2) is 69.3 Å². The third kappa shape index (κ3) is 9.01. The summed E-state index contributed by atoms with van der Waals surface area (Å²) in [5, 5.41) is 10.9. The summed E-state index contributed by atoms with van der Waals surface area (Å²) in [7, 11) is -3.43. The van der Waals surface area contributed by atoms with Crippen LogP contribution in [0, 0.1) is 12.8 Å². The van der Waals surface area contributed by atoms with Gasteiger partial charge in [-0.05, 0) is 49.4 Å². The minimum absolute atomic E-state index is 0.0215. The molecule has 264 valence electrons. The van der Waals surface area contributed by atoms with Crippen molar-refractivity contribution in [1.29, 1.82) is 0 Å². The van der Waals surface area contributed by atoms with Gasteiger partial charge in [-0.1, -0.05) is 56.3 Å². The summed E-state index contributed by atoms with van der Waals surface area (Å²) in [5.74, 6) is -1.67. The van der Waals surface area contributed by atoms with Gasteiger partial charge in [0.2, 0.25) is 17.7 Å². The summed E-state index contributed by atoms with van der Waals surface area (Å²) in [6.07, 6.45) is 1.33. The van der Waals surface area contributed by atoms with Crippen LogP contribution in [0.3, 0.4) is 0 Å². The SMILES string of the molecule is Cc1oc2nc1C(=O)N[C@H](C)c1nc(cs1)C(=O)N[C@H](Cc1ccccc1)CN(C(=O)Cc1ccc(S(C)(=O)=O)cc1)CC(=O)N[C@H]2C(C)C. The number of nitrogens with zero attached hydrogens (tertiary/aromatic N) is 3. The summed E-state index contributed by atoms with van der Waals surface area (Å²) in [6.45, 7) is 6.71. The number of carbonyl (C=O) groups excluding carboxylic acids is 4. The van der Waals surface area contributed by atoms with Crippen LogP contribution < -0.4 is 16.0 Å². The highest BCUT2D eigenvalue weighted by Crippen LogP contribution is 2.25. The molecule has 1 aliphatic rings. The fourth-order valence-electron chi connectivity index (χ4n) is 5.56. The highest BCUT2D eigenvalue weighted by Gasteiger charge is 2.31. The number of nitrogens with one attached hydrogen (secondary N) is 3. The number of thiazole rings is 1. The number of fused-ring (bicyclic) bond motifs is 4. The number of sulfone groups is 1. The van der Waals surface area contributed by atoms with Crippen molar-refractivity contribution in [3.05, 3.63) is 99.2 Å². The summed E-state index contributed by atoms with van der Waals surface area (Å²) >= 11 is 1.22. The minimum atomic E-state index is -3.43. The van der Waals surface area contributed by atoms with Gasteiger partial charge in [0.25, 0.3) is 11.8 Å². The molecule has 13 nitrogen and oxygen atoms in total. The third-order valence-corrected chi connectivity index (χ3v) is 10.4. The van der Waals surface area contributed by atoms with E-state index in [-0.39, 0.29) is 53.4 Å². The Kier molecular flexibility index (Phi) is 11.2. The standard InChI is InChI=1S/C35H40N6O7S2/c1-20(2)30-34-40-31(22(4)48-34)33(45)36-21(3)35-38-27(19-49-35)32(44)37-25(15-23-9-7-6-8-10-23)17-41(18-28(42)39-30)29(43)16-24-11-13-26(14-12-24)50(5,46)47/h6-14,19-21,25,30H,15-18H2,1-5H3,(H,36,45)(H,37,44)(H,39,42)/t21-,25-,30+/m1/s1. The van der Waals surface area contributed by atoms with Crippen LogP contribution in [0.1, 0.15) is 81.6 Å². The molecule has 1 aliphatic heterocycles. The van der Waals surface area contributed by atoms with E-state index in [2.05, 4.69) is 25.9 Å². The smallest absolute Gasteiger partial charge is 0.274 e. The Bertz CT molecular complexity index is 1970. The number of hydrogen-bond donors (Lipinski definition) is 3. The van der Waals surface area contributed by atoms with Crippen molar-refractivity contribution in [2.24, 2.45) is 5.92 Å². The number of benzene rings is 2. The molecule has 3 N–H and O–H groups in total. The molecule has 0 aliphatic carbocycles. The van der Waals surface area contributed by atoms with Crippen LogP contribution in [0.2, 0.25) is 0 Å². The second-order valence-corrected chi connectivity index (χ2v) is 15.6. The van der Waals surface area contributed by atoms with Gasteiger partial charge in [0.1, 0.15) is 22.5 Å². The first-order chi connectivity index (χ1) is 23.7. The van der Waals surface area contributed by atoms with E-state index < -0.39 is 51.6 Å². The van der Waals surface area contributed by atoms with Crippen molar-refractivity contribution in [2.75, 3.05) is 19.3 Å². The molecule has 4 amide bonds. The largest absolute Gasteiger partial charge is 0.443 e. The predicted octanol–water partition coefficient (Wildman–Crippen LogP) is 3.57. The van der Waals surface area contributed by atoms with E-state index in [9.17, 15) is 27.6 Å². The molecule has 0 spiro atoms. The third-order valence-electron chi connectivity index (χ3n) is 8.24. The van der Waals surface area contributed by atoms with E-state index >= 15 is 0 Å². The van der Waals surface area contributed by atoms with Crippen LogP contribution in [0.4, 0.5) is 0 Å². The number of aromatic nitrogens is 2. The van der Waals surface area contributed by atoms with Gasteiger partial charge in [0.05, 0.1) is 29.9 Å². The van der Waals surface area contributed by atoms with E-state index in [1.165, 1.54) is 28.4 Å². The van der Waals surface area contributed by atoms with Gasteiger partial charge in [-0.15, -0.1) is 11.3 Å². The molecule has 2 aromatic heterocycles. The molecule has 0 fully saturated rings. The number of aryl methyl sites for hydroxylation is 1. The Hall–Kier alpha value is -4.89. The fourth-order valence-corrected chi connectivity index (χ4v) is 7.00. The van der Waals surface area contributed by atoms with Crippen molar-refractivity contribution in [1.82, 2.24) is 30.8 Å². The van der Waals surface area contributed by atoms with Gasteiger partial charge in [-0.2, -0.15) is 0 Å². The van der Waals surface area contributed by atoms with Crippen molar-refractivity contribution in [3.63, 3.8) is 0 Å². The first-order valence-corrected chi connectivity index (χ1v) is 18.9. The van der Waals surface area contributed by atoms with Crippen LogP contribution in [0.5, 0.6) is 0 Å². The Balaban J connectivity index is 1.52. The second-order valence-electron chi connectivity index (χ2n) is 12.7. The van der Waals surface area contributed by atoms with Crippen LogP contribution in [-0.4, -0.2) is 72.3 Å². The molecule has 3 heterocycles. The molecule has 3 atom stereocenters. The highest BCUT2D eigenvalue weighted by atomic mass is 32.2. The van der Waals surface area contributed by atoms with Gasteiger partial charge in [0, 0.05) is 18.2 Å². The Labute approximate surface area is 294 Å². The average molecular weight is 721 g/mol. The molecule has 0 radical (unpaired) electrons.